The molecule has 7 heteroatoms. The van der Waals surface area contributed by atoms with Crippen molar-refractivity contribution in [2.75, 3.05) is 11.9 Å². The molecule has 2 aromatic carbocycles. The first kappa shape index (κ1) is 22.6. The average molecular weight is 447 g/mol. The number of rotatable bonds is 6. The highest BCUT2D eigenvalue weighted by atomic mass is 19.1. The Morgan fingerprint density at radius 1 is 1.06 bits per heavy atom. The van der Waals surface area contributed by atoms with Gasteiger partial charge in [-0.25, -0.2) is 14.4 Å². The van der Waals surface area contributed by atoms with Gasteiger partial charge in [0.1, 0.15) is 17.5 Å². The average Bonchev–Trinajstić information content (AvgIpc) is 2.77. The van der Waals surface area contributed by atoms with Gasteiger partial charge in [0.25, 0.3) is 0 Å². The number of aryl methyl sites for hydroxylation is 2. The number of nitrogens with zero attached hydrogens (tertiary/aromatic N) is 4. The first-order valence-corrected chi connectivity index (χ1v) is 11.0. The van der Waals surface area contributed by atoms with E-state index in [9.17, 15) is 14.0 Å². The SMILES string of the molecule is Cc1cccc(CC(=O)N(C)Cc2nc(C)c3c(n2)N(Cc2ccc(F)cc2)C(=O)CC3)c1. The minimum absolute atomic E-state index is 0.0280. The maximum Gasteiger partial charge on any atom is 0.228 e. The Labute approximate surface area is 193 Å². The number of benzene rings is 2. The Kier molecular flexibility index (Phi) is 6.49. The predicted octanol–water partition coefficient (Wildman–Crippen LogP) is 3.91. The number of carbonyl (C=O) groups is 2. The van der Waals surface area contributed by atoms with E-state index in [1.54, 1.807) is 29.0 Å². The summed E-state index contributed by atoms with van der Waals surface area (Å²) in [6, 6.07) is 14.0. The Morgan fingerprint density at radius 3 is 2.55 bits per heavy atom. The van der Waals surface area contributed by atoms with E-state index in [-0.39, 0.29) is 24.2 Å². The van der Waals surface area contributed by atoms with E-state index in [2.05, 4.69) is 9.97 Å². The Hall–Kier alpha value is -3.61. The first-order valence-electron chi connectivity index (χ1n) is 11.0. The molecular weight excluding hydrogens is 419 g/mol. The number of hydrogen-bond acceptors (Lipinski definition) is 4. The van der Waals surface area contributed by atoms with Crippen molar-refractivity contribution in [2.24, 2.45) is 0 Å². The molecule has 6 nitrogen and oxygen atoms in total. The van der Waals surface area contributed by atoms with Crippen LogP contribution >= 0.6 is 0 Å². The second-order valence-electron chi connectivity index (χ2n) is 8.55. The minimum atomic E-state index is -0.317. The lowest BCUT2D eigenvalue weighted by atomic mass is 10.0. The topological polar surface area (TPSA) is 66.4 Å². The number of aromatic nitrogens is 2. The minimum Gasteiger partial charge on any atom is -0.338 e. The fourth-order valence-corrected chi connectivity index (χ4v) is 4.08. The van der Waals surface area contributed by atoms with Crippen LogP contribution in [0.1, 0.15) is 40.2 Å². The molecule has 0 saturated carbocycles. The van der Waals surface area contributed by atoms with Crippen molar-refractivity contribution in [3.63, 3.8) is 0 Å². The van der Waals surface area contributed by atoms with E-state index in [1.165, 1.54) is 12.1 Å². The summed E-state index contributed by atoms with van der Waals surface area (Å²) in [5, 5.41) is 0. The van der Waals surface area contributed by atoms with Crippen molar-refractivity contribution in [3.8, 4) is 0 Å². The van der Waals surface area contributed by atoms with Crippen LogP contribution in [-0.2, 0) is 35.5 Å². The largest absolute Gasteiger partial charge is 0.338 e. The van der Waals surface area contributed by atoms with Crippen LogP contribution in [0.2, 0.25) is 0 Å². The van der Waals surface area contributed by atoms with Gasteiger partial charge in [0, 0.05) is 24.7 Å². The molecule has 1 aliphatic rings. The summed E-state index contributed by atoms with van der Waals surface area (Å²) in [5.41, 5.74) is 4.65. The van der Waals surface area contributed by atoms with Crippen LogP contribution in [0.5, 0.6) is 0 Å². The molecular formula is C26H27FN4O2. The lowest BCUT2D eigenvalue weighted by molar-refractivity contribution is -0.129. The van der Waals surface area contributed by atoms with E-state index in [0.29, 0.717) is 37.4 Å². The van der Waals surface area contributed by atoms with Gasteiger partial charge in [0.15, 0.2) is 0 Å². The quantitative estimate of drug-likeness (QED) is 0.576. The fourth-order valence-electron chi connectivity index (χ4n) is 4.08. The van der Waals surface area contributed by atoms with Crippen molar-refractivity contribution in [1.29, 1.82) is 0 Å². The summed E-state index contributed by atoms with van der Waals surface area (Å²) < 4.78 is 13.3. The third kappa shape index (κ3) is 5.25. The number of anilines is 1. The molecule has 2 amide bonds. The zero-order chi connectivity index (χ0) is 23.5. The summed E-state index contributed by atoms with van der Waals surface area (Å²) in [5.74, 6) is 0.698. The molecule has 1 aliphatic heterocycles. The lowest BCUT2D eigenvalue weighted by Crippen LogP contribution is -2.37. The highest BCUT2D eigenvalue weighted by Crippen LogP contribution is 2.29. The fraction of sp³-hybridized carbons (Fsp3) is 0.308. The van der Waals surface area contributed by atoms with E-state index < -0.39 is 0 Å². The third-order valence-electron chi connectivity index (χ3n) is 5.88. The smallest absolute Gasteiger partial charge is 0.228 e. The molecule has 3 aromatic rings. The van der Waals surface area contributed by atoms with Crippen LogP contribution < -0.4 is 4.90 Å². The molecule has 170 valence electrons. The Morgan fingerprint density at radius 2 is 1.82 bits per heavy atom. The zero-order valence-corrected chi connectivity index (χ0v) is 19.1. The summed E-state index contributed by atoms with van der Waals surface area (Å²) in [6.07, 6.45) is 1.27. The molecule has 2 heterocycles. The molecule has 33 heavy (non-hydrogen) atoms. The van der Waals surface area contributed by atoms with Crippen LogP contribution in [0.4, 0.5) is 10.2 Å². The van der Waals surface area contributed by atoms with Crippen molar-refractivity contribution in [2.45, 2.75) is 46.2 Å². The number of likely N-dealkylation sites (N-methyl/N-ethyl adjacent to an activating group) is 1. The summed E-state index contributed by atoms with van der Waals surface area (Å²) in [6.45, 7) is 4.46. The van der Waals surface area contributed by atoms with Gasteiger partial charge in [-0.15, -0.1) is 0 Å². The highest BCUT2D eigenvalue weighted by molar-refractivity contribution is 5.95. The monoisotopic (exact) mass is 446 g/mol. The van der Waals surface area contributed by atoms with Crippen molar-refractivity contribution >= 4 is 17.6 Å². The standard InChI is InChI=1S/C26H27FN4O2/c1-17-5-4-6-20(13-17)14-25(33)30(3)16-23-28-18(2)22-11-12-24(32)31(26(22)29-23)15-19-7-9-21(27)10-8-19/h4-10,13H,11-12,14-16H2,1-3H3. The second kappa shape index (κ2) is 9.48. The molecule has 0 saturated heterocycles. The number of amides is 2. The molecule has 4 rings (SSSR count). The molecule has 0 fully saturated rings. The molecule has 0 bridgehead atoms. The van der Waals surface area contributed by atoms with Crippen LogP contribution in [-0.4, -0.2) is 33.7 Å². The van der Waals surface area contributed by atoms with Crippen LogP contribution in [0.15, 0.2) is 48.5 Å². The van der Waals surface area contributed by atoms with Crippen LogP contribution in [0.25, 0.3) is 0 Å². The van der Waals surface area contributed by atoms with E-state index in [4.69, 9.17) is 0 Å². The summed E-state index contributed by atoms with van der Waals surface area (Å²) in [7, 11) is 1.73. The Bertz CT molecular complexity index is 1190. The van der Waals surface area contributed by atoms with Gasteiger partial charge >= 0.3 is 0 Å². The van der Waals surface area contributed by atoms with Crippen molar-refractivity contribution < 1.29 is 14.0 Å². The number of carbonyl (C=O) groups excluding carboxylic acids is 2. The highest BCUT2D eigenvalue weighted by Gasteiger charge is 2.28. The van der Waals surface area contributed by atoms with E-state index in [0.717, 1.165) is 27.9 Å². The molecule has 1 aromatic heterocycles. The third-order valence-corrected chi connectivity index (χ3v) is 5.88. The molecule has 0 spiro atoms. The molecule has 0 atom stereocenters. The summed E-state index contributed by atoms with van der Waals surface area (Å²) in [4.78, 5) is 38.1. The first-order chi connectivity index (χ1) is 15.8. The van der Waals surface area contributed by atoms with Gasteiger partial charge in [-0.3, -0.25) is 14.5 Å². The van der Waals surface area contributed by atoms with E-state index >= 15 is 0 Å². The molecule has 0 N–H and O–H groups in total. The maximum atomic E-state index is 13.3. The van der Waals surface area contributed by atoms with Crippen molar-refractivity contribution in [1.82, 2.24) is 14.9 Å². The van der Waals surface area contributed by atoms with Gasteiger partial charge in [-0.2, -0.15) is 0 Å². The van der Waals surface area contributed by atoms with Gasteiger partial charge in [0.2, 0.25) is 11.8 Å². The second-order valence-corrected chi connectivity index (χ2v) is 8.55. The summed E-state index contributed by atoms with van der Waals surface area (Å²) >= 11 is 0. The number of hydrogen-bond donors (Lipinski definition) is 0. The Balaban J connectivity index is 1.55. The molecule has 0 aliphatic carbocycles. The predicted molar refractivity (Wildman–Crippen MR) is 124 cm³/mol. The number of fused-ring (bicyclic) bond motifs is 1. The van der Waals surface area contributed by atoms with Crippen LogP contribution in [0.3, 0.4) is 0 Å². The molecule has 0 unspecified atom stereocenters. The van der Waals surface area contributed by atoms with Crippen LogP contribution in [0, 0.1) is 19.7 Å². The lowest BCUT2D eigenvalue weighted by Gasteiger charge is -2.30. The van der Waals surface area contributed by atoms with Crippen molar-refractivity contribution in [3.05, 3.63) is 88.1 Å². The van der Waals surface area contributed by atoms with Gasteiger partial charge in [-0.05, 0) is 43.5 Å². The zero-order valence-electron chi connectivity index (χ0n) is 19.1. The van der Waals surface area contributed by atoms with Gasteiger partial charge in [-0.1, -0.05) is 42.0 Å². The van der Waals surface area contributed by atoms with E-state index in [1.807, 2.05) is 38.1 Å². The van der Waals surface area contributed by atoms with Gasteiger partial charge in [0.05, 0.1) is 19.5 Å². The molecule has 0 radical (unpaired) electrons. The normalized spacial score (nSPS) is 13.1. The maximum absolute atomic E-state index is 13.3. The number of halogens is 1. The van der Waals surface area contributed by atoms with Gasteiger partial charge < -0.3 is 4.90 Å².